The first-order valence-electron chi connectivity index (χ1n) is 13.2. The van der Waals surface area contributed by atoms with Gasteiger partial charge in [0.2, 0.25) is 5.95 Å². The number of carbonyl (C=O) groups is 2. The van der Waals surface area contributed by atoms with E-state index in [1.54, 1.807) is 4.90 Å². The maximum Gasteiger partial charge on any atom is 0.433 e. The van der Waals surface area contributed by atoms with Crippen LogP contribution >= 0.6 is 23.1 Å². The lowest BCUT2D eigenvalue weighted by Crippen LogP contribution is -2.47. The Bertz CT molecular complexity index is 1550. The minimum atomic E-state index is -4.57. The number of aliphatic carboxylic acids is 1. The summed E-state index contributed by atoms with van der Waals surface area (Å²) in [7, 11) is 0. The summed E-state index contributed by atoms with van der Waals surface area (Å²) in [4.78, 5) is 46.3. The van der Waals surface area contributed by atoms with E-state index in [0.717, 1.165) is 22.7 Å². The molecular formula is C28H26F3N7O3S2. The normalized spacial score (nSPS) is 14.4. The summed E-state index contributed by atoms with van der Waals surface area (Å²) in [6.07, 6.45) is -3.49. The standard InChI is InChI=1S/C28H26F3N7O3S2/c29-28(30,31)22-8-9-32-27(35-22)38-12-10-37(11-13-38)23-15-19(33-24(36-23)21-7-4-14-43-21)25(39)34-20(26(40)41)17-42-16-18-5-2-1-3-6-18/h1-9,14-15,20H,10-13,16-17H2,(H,34,39)(H,40,41). The van der Waals surface area contributed by atoms with Crippen molar-refractivity contribution in [2.24, 2.45) is 0 Å². The number of anilines is 2. The van der Waals surface area contributed by atoms with Gasteiger partial charge >= 0.3 is 12.1 Å². The molecule has 4 heterocycles. The SMILES string of the molecule is O=C(NC(CSCc1ccccc1)C(=O)O)c1cc(N2CCN(c3nccc(C(F)(F)F)n3)CC2)nc(-c2cccs2)n1. The predicted octanol–water partition coefficient (Wildman–Crippen LogP) is 4.46. The molecule has 1 amide bonds. The zero-order valence-corrected chi connectivity index (χ0v) is 24.2. The average molecular weight is 630 g/mol. The fourth-order valence-electron chi connectivity index (χ4n) is 4.30. The fraction of sp³-hybridized carbons (Fsp3) is 0.286. The Kier molecular flexibility index (Phi) is 9.40. The lowest BCUT2D eigenvalue weighted by Gasteiger charge is -2.35. The number of nitrogens with zero attached hydrogens (tertiary/aromatic N) is 6. The molecule has 1 aliphatic rings. The summed E-state index contributed by atoms with van der Waals surface area (Å²) in [5, 5.41) is 14.2. The Morgan fingerprint density at radius 1 is 1.00 bits per heavy atom. The topological polar surface area (TPSA) is 124 Å². The van der Waals surface area contributed by atoms with E-state index < -0.39 is 29.8 Å². The Morgan fingerprint density at radius 3 is 2.42 bits per heavy atom. The fourth-order valence-corrected chi connectivity index (χ4v) is 5.96. The van der Waals surface area contributed by atoms with Crippen molar-refractivity contribution in [1.82, 2.24) is 25.3 Å². The molecule has 5 rings (SSSR count). The Morgan fingerprint density at radius 2 is 1.74 bits per heavy atom. The molecular weight excluding hydrogens is 603 g/mol. The first-order valence-corrected chi connectivity index (χ1v) is 15.2. The van der Waals surface area contributed by atoms with Crippen LogP contribution in [0.2, 0.25) is 0 Å². The summed E-state index contributed by atoms with van der Waals surface area (Å²) >= 11 is 2.79. The second kappa shape index (κ2) is 13.4. The molecule has 15 heteroatoms. The first-order chi connectivity index (χ1) is 20.7. The monoisotopic (exact) mass is 629 g/mol. The van der Waals surface area contributed by atoms with Crippen molar-refractivity contribution in [1.29, 1.82) is 0 Å². The smallest absolute Gasteiger partial charge is 0.433 e. The number of rotatable bonds is 10. The summed E-state index contributed by atoms with van der Waals surface area (Å²) < 4.78 is 39.4. The van der Waals surface area contributed by atoms with E-state index in [2.05, 4.69) is 25.3 Å². The molecule has 3 aromatic heterocycles. The van der Waals surface area contributed by atoms with Crippen LogP contribution in [0.25, 0.3) is 10.7 Å². The second-order valence-corrected chi connectivity index (χ2v) is 11.5. The van der Waals surface area contributed by atoms with Crippen LogP contribution in [-0.4, -0.2) is 74.9 Å². The molecule has 1 atom stereocenters. The number of hydrogen-bond donors (Lipinski definition) is 2. The highest BCUT2D eigenvalue weighted by Gasteiger charge is 2.33. The van der Waals surface area contributed by atoms with Gasteiger partial charge in [-0.25, -0.2) is 24.7 Å². The molecule has 1 aliphatic heterocycles. The largest absolute Gasteiger partial charge is 0.480 e. The summed E-state index contributed by atoms with van der Waals surface area (Å²) in [6.45, 7) is 1.38. The third-order valence-corrected chi connectivity index (χ3v) is 8.48. The molecule has 4 aromatic rings. The molecule has 0 spiro atoms. The molecule has 43 heavy (non-hydrogen) atoms. The zero-order chi connectivity index (χ0) is 30.4. The molecule has 1 saturated heterocycles. The Balaban J connectivity index is 1.30. The van der Waals surface area contributed by atoms with Crippen molar-refractivity contribution in [3.63, 3.8) is 0 Å². The number of alkyl halides is 3. The number of carbonyl (C=O) groups excluding carboxylic acids is 1. The van der Waals surface area contributed by atoms with E-state index in [-0.39, 0.29) is 17.4 Å². The number of amides is 1. The molecule has 1 aromatic carbocycles. The molecule has 0 aliphatic carbocycles. The number of piperazine rings is 1. The van der Waals surface area contributed by atoms with Crippen LogP contribution < -0.4 is 15.1 Å². The minimum absolute atomic E-state index is 0.0105. The van der Waals surface area contributed by atoms with Crippen LogP contribution in [0, 0.1) is 0 Å². The van der Waals surface area contributed by atoms with E-state index in [9.17, 15) is 27.9 Å². The quantitative estimate of drug-likeness (QED) is 0.260. The van der Waals surface area contributed by atoms with Crippen LogP contribution in [0.3, 0.4) is 0 Å². The van der Waals surface area contributed by atoms with Crippen LogP contribution in [-0.2, 0) is 16.7 Å². The highest BCUT2D eigenvalue weighted by atomic mass is 32.2. The second-order valence-electron chi connectivity index (χ2n) is 9.49. The van der Waals surface area contributed by atoms with Gasteiger partial charge in [-0.05, 0) is 23.1 Å². The van der Waals surface area contributed by atoms with Gasteiger partial charge in [-0.3, -0.25) is 4.79 Å². The van der Waals surface area contributed by atoms with Crippen LogP contribution in [0.15, 0.2) is 66.2 Å². The lowest BCUT2D eigenvalue weighted by atomic mass is 10.2. The third kappa shape index (κ3) is 7.78. The molecule has 0 saturated carbocycles. The van der Waals surface area contributed by atoms with E-state index >= 15 is 0 Å². The number of benzene rings is 1. The molecule has 224 valence electrons. The van der Waals surface area contributed by atoms with Gasteiger partial charge in [-0.15, -0.1) is 11.3 Å². The predicted molar refractivity (Wildman–Crippen MR) is 158 cm³/mol. The van der Waals surface area contributed by atoms with E-state index in [0.29, 0.717) is 43.6 Å². The van der Waals surface area contributed by atoms with Crippen molar-refractivity contribution < 1.29 is 27.9 Å². The molecule has 2 N–H and O–H groups in total. The number of nitrogens with one attached hydrogen (secondary N) is 1. The highest BCUT2D eigenvalue weighted by molar-refractivity contribution is 7.98. The number of aromatic nitrogens is 4. The Labute approximate surface area is 253 Å². The van der Waals surface area contributed by atoms with Crippen LogP contribution in [0.5, 0.6) is 0 Å². The third-order valence-electron chi connectivity index (χ3n) is 6.51. The number of thiophene rings is 1. The molecule has 0 radical (unpaired) electrons. The first kappa shape index (κ1) is 30.2. The average Bonchev–Trinajstić information content (AvgIpc) is 3.56. The number of thioether (sulfide) groups is 1. The van der Waals surface area contributed by atoms with Crippen molar-refractivity contribution in [3.8, 4) is 10.7 Å². The molecule has 1 fully saturated rings. The molecule has 1 unspecified atom stereocenters. The highest BCUT2D eigenvalue weighted by Crippen LogP contribution is 2.29. The maximum absolute atomic E-state index is 13.3. The van der Waals surface area contributed by atoms with E-state index in [1.807, 2.05) is 52.7 Å². The van der Waals surface area contributed by atoms with Gasteiger partial charge < -0.3 is 20.2 Å². The molecule has 0 bridgehead atoms. The van der Waals surface area contributed by atoms with E-state index in [1.165, 1.54) is 29.2 Å². The van der Waals surface area contributed by atoms with Crippen molar-refractivity contribution >= 4 is 46.7 Å². The number of halogens is 3. The van der Waals surface area contributed by atoms with Gasteiger partial charge in [-0.1, -0.05) is 36.4 Å². The van der Waals surface area contributed by atoms with Gasteiger partial charge in [0.15, 0.2) is 5.82 Å². The van der Waals surface area contributed by atoms with Gasteiger partial charge in [-0.2, -0.15) is 24.9 Å². The van der Waals surface area contributed by atoms with Crippen LogP contribution in [0.1, 0.15) is 21.7 Å². The van der Waals surface area contributed by atoms with Gasteiger partial charge in [0.1, 0.15) is 23.2 Å². The number of carboxylic acid groups (broad SMARTS) is 1. The summed E-state index contributed by atoms with van der Waals surface area (Å²) in [5.74, 6) is -0.310. The van der Waals surface area contributed by atoms with Crippen molar-refractivity contribution in [2.45, 2.75) is 18.0 Å². The van der Waals surface area contributed by atoms with Crippen molar-refractivity contribution in [3.05, 3.63) is 83.1 Å². The number of hydrogen-bond acceptors (Lipinski definition) is 10. The summed E-state index contributed by atoms with van der Waals surface area (Å²) in [6, 6.07) is 14.4. The zero-order valence-electron chi connectivity index (χ0n) is 22.6. The maximum atomic E-state index is 13.3. The van der Waals surface area contributed by atoms with Gasteiger partial charge in [0.05, 0.1) is 4.88 Å². The Hall–Kier alpha value is -4.24. The summed E-state index contributed by atoms with van der Waals surface area (Å²) in [5.41, 5.74) is 0.0465. The van der Waals surface area contributed by atoms with Crippen molar-refractivity contribution in [2.75, 3.05) is 41.7 Å². The van der Waals surface area contributed by atoms with Gasteiger partial charge in [0, 0.05) is 49.9 Å². The number of carboxylic acids is 1. The lowest BCUT2D eigenvalue weighted by molar-refractivity contribution is -0.141. The van der Waals surface area contributed by atoms with Gasteiger partial charge in [0.25, 0.3) is 5.91 Å². The molecule has 10 nitrogen and oxygen atoms in total. The van der Waals surface area contributed by atoms with E-state index in [4.69, 9.17) is 0 Å². The van der Waals surface area contributed by atoms with Crippen LogP contribution in [0.4, 0.5) is 24.9 Å². The minimum Gasteiger partial charge on any atom is -0.480 e.